The fourth-order valence-corrected chi connectivity index (χ4v) is 2.91. The van der Waals surface area contributed by atoms with Gasteiger partial charge in [-0.25, -0.2) is 0 Å². The molecule has 0 atom stereocenters. The van der Waals surface area contributed by atoms with Crippen molar-refractivity contribution >= 4 is 34.7 Å². The number of nitrogens with one attached hydrogen (secondary N) is 2. The number of aromatic nitrogens is 1. The van der Waals surface area contributed by atoms with Crippen molar-refractivity contribution in [2.45, 2.75) is 6.92 Å². The third-order valence-corrected chi connectivity index (χ3v) is 4.19. The highest BCUT2D eigenvalue weighted by molar-refractivity contribution is 7.13. The zero-order valence-electron chi connectivity index (χ0n) is 13.5. The largest absolute Gasteiger partial charge is 0.497 e. The predicted molar refractivity (Wildman–Crippen MR) is 95.1 cm³/mol. The van der Waals surface area contributed by atoms with Crippen molar-refractivity contribution in [1.29, 1.82) is 0 Å². The molecule has 0 fully saturated rings. The van der Waals surface area contributed by atoms with Crippen molar-refractivity contribution in [1.82, 2.24) is 5.16 Å². The van der Waals surface area contributed by atoms with E-state index in [1.165, 1.54) is 18.3 Å². The lowest BCUT2D eigenvalue weighted by Crippen LogP contribution is -2.16. The molecule has 0 bridgehead atoms. The highest BCUT2D eigenvalue weighted by atomic mass is 32.1. The third-order valence-electron chi connectivity index (χ3n) is 3.31. The molecule has 128 valence electrons. The van der Waals surface area contributed by atoms with Gasteiger partial charge in [-0.15, -0.1) is 11.3 Å². The number of amides is 2. The van der Waals surface area contributed by atoms with Crippen molar-refractivity contribution in [3.63, 3.8) is 0 Å². The molecular formula is C17H15N3O4S. The average molecular weight is 357 g/mol. The Morgan fingerprint density at radius 2 is 1.92 bits per heavy atom. The van der Waals surface area contributed by atoms with Crippen LogP contribution >= 0.6 is 11.3 Å². The Morgan fingerprint density at radius 3 is 2.52 bits per heavy atom. The Kier molecular flexibility index (Phi) is 4.80. The summed E-state index contributed by atoms with van der Waals surface area (Å²) < 4.78 is 10.3. The minimum Gasteiger partial charge on any atom is -0.497 e. The van der Waals surface area contributed by atoms with E-state index < -0.39 is 5.91 Å². The van der Waals surface area contributed by atoms with Crippen LogP contribution in [0.1, 0.15) is 17.3 Å². The zero-order chi connectivity index (χ0) is 17.8. The Bertz CT molecular complexity index is 885. The number of benzene rings is 1. The molecule has 2 heterocycles. The summed E-state index contributed by atoms with van der Waals surface area (Å²) in [5.74, 6) is -0.0888. The quantitative estimate of drug-likeness (QED) is 0.727. The van der Waals surface area contributed by atoms with E-state index in [-0.39, 0.29) is 17.4 Å². The monoisotopic (exact) mass is 357 g/mol. The van der Waals surface area contributed by atoms with Gasteiger partial charge in [-0.1, -0.05) is 11.2 Å². The van der Waals surface area contributed by atoms with Gasteiger partial charge in [0.25, 0.3) is 5.91 Å². The van der Waals surface area contributed by atoms with Crippen LogP contribution < -0.4 is 15.4 Å². The van der Waals surface area contributed by atoms with Gasteiger partial charge in [0.05, 0.1) is 12.0 Å². The van der Waals surface area contributed by atoms with Gasteiger partial charge in [0, 0.05) is 12.6 Å². The van der Waals surface area contributed by atoms with Crippen molar-refractivity contribution in [3.05, 3.63) is 47.3 Å². The Hall–Kier alpha value is -3.13. The number of ether oxygens (including phenoxy) is 1. The molecule has 2 N–H and O–H groups in total. The second-order valence-electron chi connectivity index (χ2n) is 5.08. The highest BCUT2D eigenvalue weighted by Gasteiger charge is 2.25. The zero-order valence-corrected chi connectivity index (χ0v) is 14.3. The van der Waals surface area contributed by atoms with Gasteiger partial charge < -0.3 is 14.6 Å². The minimum atomic E-state index is -0.432. The van der Waals surface area contributed by atoms with Crippen LogP contribution in [0.2, 0.25) is 0 Å². The van der Waals surface area contributed by atoms with Gasteiger partial charge in [0.15, 0.2) is 0 Å². The van der Waals surface area contributed by atoms with Crippen LogP contribution in [0.3, 0.4) is 0 Å². The second-order valence-corrected chi connectivity index (χ2v) is 6.02. The van der Waals surface area contributed by atoms with E-state index in [0.29, 0.717) is 17.1 Å². The summed E-state index contributed by atoms with van der Waals surface area (Å²) in [5, 5.41) is 11.1. The van der Waals surface area contributed by atoms with E-state index in [4.69, 9.17) is 9.26 Å². The molecule has 1 aromatic carbocycles. The van der Waals surface area contributed by atoms with Gasteiger partial charge in [0.1, 0.15) is 17.0 Å². The molecule has 3 rings (SSSR count). The van der Waals surface area contributed by atoms with E-state index in [0.717, 1.165) is 4.88 Å². The molecule has 2 aromatic heterocycles. The number of anilines is 2. The standard InChI is InChI=1S/C17H15N3O4S/c1-10(21)18-17-14(15(20-24-17)13-4-3-9-25-13)16(22)19-11-5-7-12(23-2)8-6-11/h3-9H,1-2H3,(H,18,21)(H,19,22). The first-order valence-electron chi connectivity index (χ1n) is 7.35. The van der Waals surface area contributed by atoms with Crippen molar-refractivity contribution in [3.8, 4) is 16.3 Å². The molecule has 3 aromatic rings. The molecule has 0 unspecified atom stereocenters. The van der Waals surface area contributed by atoms with Crippen LogP contribution in [0.5, 0.6) is 5.75 Å². The fourth-order valence-electron chi connectivity index (χ4n) is 2.20. The van der Waals surface area contributed by atoms with Crippen LogP contribution in [0.25, 0.3) is 10.6 Å². The van der Waals surface area contributed by atoms with Crippen molar-refractivity contribution in [2.75, 3.05) is 17.7 Å². The first-order chi connectivity index (χ1) is 12.1. The average Bonchev–Trinajstić information content (AvgIpc) is 3.24. The number of hydrogen-bond donors (Lipinski definition) is 2. The smallest absolute Gasteiger partial charge is 0.263 e. The van der Waals surface area contributed by atoms with Crippen molar-refractivity contribution in [2.24, 2.45) is 0 Å². The topological polar surface area (TPSA) is 93.5 Å². The summed E-state index contributed by atoms with van der Waals surface area (Å²) in [7, 11) is 1.57. The summed E-state index contributed by atoms with van der Waals surface area (Å²) in [6.07, 6.45) is 0. The Morgan fingerprint density at radius 1 is 1.16 bits per heavy atom. The number of hydrogen-bond acceptors (Lipinski definition) is 6. The van der Waals surface area contributed by atoms with Crippen molar-refractivity contribution < 1.29 is 18.8 Å². The van der Waals surface area contributed by atoms with Crippen LogP contribution in [-0.2, 0) is 4.79 Å². The van der Waals surface area contributed by atoms with E-state index in [9.17, 15) is 9.59 Å². The number of rotatable bonds is 5. The lowest BCUT2D eigenvalue weighted by atomic mass is 10.1. The first kappa shape index (κ1) is 16.7. The van der Waals surface area contributed by atoms with Gasteiger partial charge in [-0.2, -0.15) is 0 Å². The van der Waals surface area contributed by atoms with Gasteiger partial charge in [-0.3, -0.25) is 14.9 Å². The third kappa shape index (κ3) is 3.69. The van der Waals surface area contributed by atoms with Gasteiger partial charge in [-0.05, 0) is 35.7 Å². The molecule has 0 spiro atoms. The number of thiophene rings is 1. The molecule has 8 heteroatoms. The molecule has 0 saturated heterocycles. The molecule has 7 nitrogen and oxygen atoms in total. The van der Waals surface area contributed by atoms with Crippen LogP contribution in [-0.4, -0.2) is 24.1 Å². The lowest BCUT2D eigenvalue weighted by molar-refractivity contribution is -0.114. The Balaban J connectivity index is 1.93. The van der Waals surface area contributed by atoms with E-state index >= 15 is 0 Å². The number of nitrogens with zero attached hydrogens (tertiary/aromatic N) is 1. The molecule has 0 saturated carbocycles. The van der Waals surface area contributed by atoms with E-state index in [1.54, 1.807) is 31.4 Å². The molecule has 0 aliphatic carbocycles. The highest BCUT2D eigenvalue weighted by Crippen LogP contribution is 2.32. The molecule has 0 aliphatic heterocycles. The number of carbonyl (C=O) groups is 2. The molecule has 2 amide bonds. The molecule has 0 aliphatic rings. The molecular weight excluding hydrogens is 342 g/mol. The SMILES string of the molecule is COc1ccc(NC(=O)c2c(-c3cccs3)noc2NC(C)=O)cc1. The van der Waals surface area contributed by atoms with E-state index in [2.05, 4.69) is 15.8 Å². The first-order valence-corrected chi connectivity index (χ1v) is 8.23. The maximum atomic E-state index is 12.8. The summed E-state index contributed by atoms with van der Waals surface area (Å²) >= 11 is 1.42. The minimum absolute atomic E-state index is 0.0157. The summed E-state index contributed by atoms with van der Waals surface area (Å²) in [4.78, 5) is 24.9. The predicted octanol–water partition coefficient (Wildman–Crippen LogP) is 3.62. The summed E-state index contributed by atoms with van der Waals surface area (Å²) in [6, 6.07) is 10.6. The number of carbonyl (C=O) groups excluding carboxylic acids is 2. The lowest BCUT2D eigenvalue weighted by Gasteiger charge is -2.07. The molecule has 25 heavy (non-hydrogen) atoms. The normalized spacial score (nSPS) is 10.3. The van der Waals surface area contributed by atoms with Gasteiger partial charge in [0.2, 0.25) is 11.8 Å². The fraction of sp³-hybridized carbons (Fsp3) is 0.118. The second kappa shape index (κ2) is 7.18. The van der Waals surface area contributed by atoms with E-state index in [1.807, 2.05) is 17.5 Å². The van der Waals surface area contributed by atoms with Crippen LogP contribution in [0, 0.1) is 0 Å². The molecule has 0 radical (unpaired) electrons. The summed E-state index contributed by atoms with van der Waals surface area (Å²) in [6.45, 7) is 1.33. The van der Waals surface area contributed by atoms with Gasteiger partial charge >= 0.3 is 0 Å². The van der Waals surface area contributed by atoms with Crippen LogP contribution in [0.4, 0.5) is 11.6 Å². The van der Waals surface area contributed by atoms with Crippen LogP contribution in [0.15, 0.2) is 46.3 Å². The maximum Gasteiger partial charge on any atom is 0.263 e. The number of methoxy groups -OCH3 is 1. The Labute approximate surface area is 147 Å². The summed E-state index contributed by atoms with van der Waals surface area (Å²) in [5.41, 5.74) is 1.14. The maximum absolute atomic E-state index is 12.8.